The van der Waals surface area contributed by atoms with E-state index in [1.807, 2.05) is 12.1 Å². The zero-order chi connectivity index (χ0) is 18.1. The Morgan fingerprint density at radius 1 is 1.04 bits per heavy atom. The number of aryl methyl sites for hydroxylation is 1. The molecule has 134 valence electrons. The molecule has 2 aromatic carbocycles. The maximum absolute atomic E-state index is 10.9. The van der Waals surface area contributed by atoms with Crippen molar-refractivity contribution in [3.05, 3.63) is 63.6 Å². The van der Waals surface area contributed by atoms with Crippen LogP contribution in [0.2, 0.25) is 10.0 Å². The van der Waals surface area contributed by atoms with E-state index >= 15 is 0 Å². The largest absolute Gasteiger partial charge is 0.491 e. The molecule has 0 heterocycles. The van der Waals surface area contributed by atoms with Crippen molar-refractivity contribution in [2.45, 2.75) is 19.3 Å². The summed E-state index contributed by atoms with van der Waals surface area (Å²) in [5.41, 5.74) is 7.23. The standard InChI is InChI=1S/C19H22Cl2N2O2/c20-16-6-3-14(4-7-16)2-1-9-23-10-11-25-18-8-5-15(12-17(18)21)13-19(22)24/h3-8,12,23H,1-2,9-11,13H2,(H2,22,24). The summed E-state index contributed by atoms with van der Waals surface area (Å²) in [5.74, 6) is 0.227. The van der Waals surface area contributed by atoms with Crippen LogP contribution in [-0.2, 0) is 17.6 Å². The smallest absolute Gasteiger partial charge is 0.221 e. The molecule has 0 unspecified atom stereocenters. The third kappa shape index (κ3) is 7.34. The Morgan fingerprint density at radius 2 is 1.76 bits per heavy atom. The van der Waals surface area contributed by atoms with E-state index in [1.165, 1.54) is 5.56 Å². The number of nitrogens with one attached hydrogen (secondary N) is 1. The van der Waals surface area contributed by atoms with Crippen molar-refractivity contribution in [2.24, 2.45) is 5.73 Å². The monoisotopic (exact) mass is 380 g/mol. The van der Waals surface area contributed by atoms with Crippen LogP contribution in [0.15, 0.2) is 42.5 Å². The number of rotatable bonds is 10. The maximum atomic E-state index is 10.9. The van der Waals surface area contributed by atoms with Gasteiger partial charge in [-0.05, 0) is 54.8 Å². The highest BCUT2D eigenvalue weighted by Crippen LogP contribution is 2.25. The average molecular weight is 381 g/mol. The lowest BCUT2D eigenvalue weighted by Gasteiger charge is -2.10. The first-order valence-electron chi connectivity index (χ1n) is 8.19. The fraction of sp³-hybridized carbons (Fsp3) is 0.316. The van der Waals surface area contributed by atoms with Crippen LogP contribution in [0.4, 0.5) is 0 Å². The van der Waals surface area contributed by atoms with Crippen LogP contribution < -0.4 is 15.8 Å². The molecule has 0 aliphatic heterocycles. The minimum Gasteiger partial charge on any atom is -0.491 e. The first-order valence-corrected chi connectivity index (χ1v) is 8.95. The lowest BCUT2D eigenvalue weighted by molar-refractivity contribution is -0.117. The van der Waals surface area contributed by atoms with E-state index in [0.29, 0.717) is 17.4 Å². The third-order valence-electron chi connectivity index (χ3n) is 3.64. The Labute approximate surface area is 158 Å². The molecule has 25 heavy (non-hydrogen) atoms. The Balaban J connectivity index is 1.61. The van der Waals surface area contributed by atoms with Crippen LogP contribution >= 0.6 is 23.2 Å². The Bertz CT molecular complexity index is 690. The van der Waals surface area contributed by atoms with Crippen LogP contribution in [0.3, 0.4) is 0 Å². The molecule has 0 saturated carbocycles. The molecule has 0 aromatic heterocycles. The molecule has 4 nitrogen and oxygen atoms in total. The molecule has 1 amide bonds. The predicted molar refractivity (Wildman–Crippen MR) is 102 cm³/mol. The zero-order valence-electron chi connectivity index (χ0n) is 13.9. The van der Waals surface area contributed by atoms with Crippen molar-refractivity contribution in [3.8, 4) is 5.75 Å². The molecule has 0 fully saturated rings. The summed E-state index contributed by atoms with van der Waals surface area (Å²) in [6.07, 6.45) is 2.23. The van der Waals surface area contributed by atoms with E-state index in [9.17, 15) is 4.79 Å². The number of nitrogens with two attached hydrogens (primary N) is 1. The summed E-state index contributed by atoms with van der Waals surface area (Å²) < 4.78 is 5.65. The SMILES string of the molecule is NC(=O)Cc1ccc(OCCNCCCc2ccc(Cl)cc2)c(Cl)c1. The number of hydrogen-bond acceptors (Lipinski definition) is 3. The van der Waals surface area contributed by atoms with Crippen LogP contribution in [0, 0.1) is 0 Å². The van der Waals surface area contributed by atoms with Crippen molar-refractivity contribution >= 4 is 29.1 Å². The van der Waals surface area contributed by atoms with Gasteiger partial charge in [-0.25, -0.2) is 0 Å². The van der Waals surface area contributed by atoms with Gasteiger partial charge in [0.15, 0.2) is 0 Å². The fourth-order valence-corrected chi connectivity index (χ4v) is 2.78. The van der Waals surface area contributed by atoms with Gasteiger partial charge in [0.2, 0.25) is 5.91 Å². The summed E-state index contributed by atoms with van der Waals surface area (Å²) >= 11 is 12.0. The highest BCUT2D eigenvalue weighted by Gasteiger charge is 2.05. The number of carbonyl (C=O) groups excluding carboxylic acids is 1. The van der Waals surface area contributed by atoms with Gasteiger partial charge in [0.05, 0.1) is 11.4 Å². The summed E-state index contributed by atoms with van der Waals surface area (Å²) in [6.45, 7) is 2.17. The Kier molecular flexibility index (Phi) is 8.06. The van der Waals surface area contributed by atoms with Gasteiger partial charge in [-0.15, -0.1) is 0 Å². The second-order valence-corrected chi connectivity index (χ2v) is 6.58. The van der Waals surface area contributed by atoms with Gasteiger partial charge in [0, 0.05) is 11.6 Å². The lowest BCUT2D eigenvalue weighted by atomic mass is 10.1. The number of benzene rings is 2. The van der Waals surface area contributed by atoms with E-state index in [1.54, 1.807) is 18.2 Å². The van der Waals surface area contributed by atoms with E-state index in [0.717, 1.165) is 36.5 Å². The van der Waals surface area contributed by atoms with Gasteiger partial charge >= 0.3 is 0 Å². The normalized spacial score (nSPS) is 10.6. The number of amides is 1. The summed E-state index contributed by atoms with van der Waals surface area (Å²) in [6, 6.07) is 13.2. The first-order chi connectivity index (χ1) is 12.0. The number of ether oxygens (including phenoxy) is 1. The Morgan fingerprint density at radius 3 is 2.44 bits per heavy atom. The number of halogens is 2. The van der Waals surface area contributed by atoms with Crippen molar-refractivity contribution in [1.29, 1.82) is 0 Å². The lowest BCUT2D eigenvalue weighted by Crippen LogP contribution is -2.22. The second-order valence-electron chi connectivity index (χ2n) is 5.74. The molecule has 2 rings (SSSR count). The quantitative estimate of drug-likeness (QED) is 0.618. The van der Waals surface area contributed by atoms with E-state index < -0.39 is 0 Å². The van der Waals surface area contributed by atoms with Crippen molar-refractivity contribution in [2.75, 3.05) is 19.7 Å². The maximum Gasteiger partial charge on any atom is 0.221 e. The molecule has 3 N–H and O–H groups in total. The van der Waals surface area contributed by atoms with Crippen molar-refractivity contribution in [1.82, 2.24) is 5.32 Å². The van der Waals surface area contributed by atoms with Gasteiger partial charge in [0.25, 0.3) is 0 Å². The Hall–Kier alpha value is -1.75. The molecule has 0 aliphatic rings. The molecule has 0 spiro atoms. The molecule has 0 bridgehead atoms. The van der Waals surface area contributed by atoms with Crippen LogP contribution in [0.1, 0.15) is 17.5 Å². The molecular weight excluding hydrogens is 359 g/mol. The molecule has 0 aliphatic carbocycles. The second kappa shape index (κ2) is 10.3. The minimum absolute atomic E-state index is 0.176. The van der Waals surface area contributed by atoms with E-state index in [4.69, 9.17) is 33.7 Å². The minimum atomic E-state index is -0.382. The van der Waals surface area contributed by atoms with Crippen LogP contribution in [-0.4, -0.2) is 25.6 Å². The van der Waals surface area contributed by atoms with Crippen molar-refractivity contribution in [3.63, 3.8) is 0 Å². The molecule has 0 radical (unpaired) electrons. The van der Waals surface area contributed by atoms with Gasteiger partial charge in [-0.2, -0.15) is 0 Å². The van der Waals surface area contributed by atoms with Gasteiger partial charge in [-0.1, -0.05) is 41.4 Å². The fourth-order valence-electron chi connectivity index (χ4n) is 2.40. The van der Waals surface area contributed by atoms with Gasteiger partial charge in [-0.3, -0.25) is 4.79 Å². The summed E-state index contributed by atoms with van der Waals surface area (Å²) in [4.78, 5) is 10.9. The highest BCUT2D eigenvalue weighted by molar-refractivity contribution is 6.32. The van der Waals surface area contributed by atoms with Gasteiger partial charge in [0.1, 0.15) is 12.4 Å². The molecule has 0 atom stereocenters. The molecule has 0 saturated heterocycles. The number of primary amides is 1. The summed E-state index contributed by atoms with van der Waals surface area (Å²) in [7, 11) is 0. The molecular formula is C19H22Cl2N2O2. The molecule has 2 aromatic rings. The average Bonchev–Trinajstić information content (AvgIpc) is 2.57. The highest BCUT2D eigenvalue weighted by atomic mass is 35.5. The van der Waals surface area contributed by atoms with E-state index in [2.05, 4.69) is 17.4 Å². The zero-order valence-corrected chi connectivity index (χ0v) is 15.4. The predicted octanol–water partition coefficient (Wildman–Crippen LogP) is 3.62. The topological polar surface area (TPSA) is 64.4 Å². The number of hydrogen-bond donors (Lipinski definition) is 2. The van der Waals surface area contributed by atoms with Gasteiger partial charge < -0.3 is 15.8 Å². The van der Waals surface area contributed by atoms with Crippen molar-refractivity contribution < 1.29 is 9.53 Å². The van der Waals surface area contributed by atoms with E-state index in [-0.39, 0.29) is 12.3 Å². The number of carbonyl (C=O) groups is 1. The summed E-state index contributed by atoms with van der Waals surface area (Å²) in [5, 5.41) is 4.59. The first kappa shape index (κ1) is 19.6. The van der Waals surface area contributed by atoms with Crippen LogP contribution in [0.5, 0.6) is 5.75 Å². The molecule has 6 heteroatoms. The third-order valence-corrected chi connectivity index (χ3v) is 4.19. The van der Waals surface area contributed by atoms with Crippen LogP contribution in [0.25, 0.3) is 0 Å².